The summed E-state index contributed by atoms with van der Waals surface area (Å²) in [5.41, 5.74) is 4.98. The lowest BCUT2D eigenvalue weighted by molar-refractivity contribution is 0.551. The third-order valence-corrected chi connectivity index (χ3v) is 2.50. The van der Waals surface area contributed by atoms with E-state index in [9.17, 15) is 9.59 Å². The van der Waals surface area contributed by atoms with Crippen molar-refractivity contribution in [1.82, 2.24) is 9.13 Å². The Morgan fingerprint density at radius 3 is 2.71 bits per heavy atom. The number of hydrogen-bond acceptors (Lipinski definition) is 3. The molecular formula is C9H13N3O2. The molecule has 76 valence electrons. The van der Waals surface area contributed by atoms with E-state index in [4.69, 9.17) is 5.73 Å². The lowest BCUT2D eigenvalue weighted by atomic mass is 10.4. The minimum Gasteiger partial charge on any atom is -0.393 e. The maximum Gasteiger partial charge on any atom is 0.330 e. The van der Waals surface area contributed by atoms with E-state index in [0.29, 0.717) is 12.5 Å². The quantitative estimate of drug-likeness (QED) is 0.694. The van der Waals surface area contributed by atoms with Gasteiger partial charge in [0.2, 0.25) is 0 Å². The molecule has 0 aromatic carbocycles. The third kappa shape index (κ3) is 1.45. The van der Waals surface area contributed by atoms with Gasteiger partial charge in [-0.05, 0) is 18.8 Å². The highest BCUT2D eigenvalue weighted by Crippen LogP contribution is 2.29. The summed E-state index contributed by atoms with van der Waals surface area (Å²) >= 11 is 0. The van der Waals surface area contributed by atoms with Crippen molar-refractivity contribution >= 4 is 5.69 Å². The second-order valence-electron chi connectivity index (χ2n) is 3.84. The van der Waals surface area contributed by atoms with Crippen LogP contribution in [0.15, 0.2) is 15.8 Å². The molecule has 1 saturated carbocycles. The molecule has 0 aliphatic heterocycles. The van der Waals surface area contributed by atoms with Crippen LogP contribution in [0.1, 0.15) is 12.8 Å². The molecule has 0 atom stereocenters. The molecule has 5 heteroatoms. The summed E-state index contributed by atoms with van der Waals surface area (Å²) in [6, 6.07) is 0. The summed E-state index contributed by atoms with van der Waals surface area (Å²) in [6.07, 6.45) is 3.57. The Labute approximate surface area is 80.8 Å². The Kier molecular flexibility index (Phi) is 1.94. The Hall–Kier alpha value is -1.52. The molecule has 0 spiro atoms. The van der Waals surface area contributed by atoms with E-state index in [1.54, 1.807) is 7.05 Å². The molecule has 1 aromatic rings. The van der Waals surface area contributed by atoms with Gasteiger partial charge < -0.3 is 10.3 Å². The van der Waals surface area contributed by atoms with Gasteiger partial charge in [0.1, 0.15) is 5.69 Å². The van der Waals surface area contributed by atoms with Crippen LogP contribution < -0.4 is 17.0 Å². The van der Waals surface area contributed by atoms with Crippen molar-refractivity contribution < 1.29 is 0 Å². The highest BCUT2D eigenvalue weighted by atomic mass is 16.2. The fourth-order valence-electron chi connectivity index (χ4n) is 1.47. The van der Waals surface area contributed by atoms with E-state index in [1.165, 1.54) is 15.3 Å². The number of nitrogens with zero attached hydrogens (tertiary/aromatic N) is 2. The van der Waals surface area contributed by atoms with Crippen molar-refractivity contribution in [3.8, 4) is 0 Å². The molecule has 14 heavy (non-hydrogen) atoms. The minimum absolute atomic E-state index is 0.132. The van der Waals surface area contributed by atoms with Gasteiger partial charge in [0.05, 0.1) is 0 Å². The van der Waals surface area contributed by atoms with Crippen LogP contribution in [-0.2, 0) is 13.6 Å². The number of hydrogen-bond donors (Lipinski definition) is 1. The number of rotatable bonds is 2. The van der Waals surface area contributed by atoms with Crippen LogP contribution in [0.3, 0.4) is 0 Å². The number of nitrogens with two attached hydrogens (primary N) is 1. The van der Waals surface area contributed by atoms with Gasteiger partial charge in [-0.15, -0.1) is 0 Å². The van der Waals surface area contributed by atoms with E-state index in [1.807, 2.05) is 0 Å². The van der Waals surface area contributed by atoms with Crippen molar-refractivity contribution in [1.29, 1.82) is 0 Å². The van der Waals surface area contributed by atoms with E-state index in [-0.39, 0.29) is 16.9 Å². The molecule has 2 N–H and O–H groups in total. The van der Waals surface area contributed by atoms with Gasteiger partial charge >= 0.3 is 5.69 Å². The zero-order valence-corrected chi connectivity index (χ0v) is 8.06. The fourth-order valence-corrected chi connectivity index (χ4v) is 1.47. The maximum absolute atomic E-state index is 11.6. The van der Waals surface area contributed by atoms with Gasteiger partial charge in [0.15, 0.2) is 0 Å². The molecule has 0 radical (unpaired) electrons. The van der Waals surface area contributed by atoms with E-state index in [2.05, 4.69) is 0 Å². The van der Waals surface area contributed by atoms with Crippen LogP contribution in [0.4, 0.5) is 5.69 Å². The van der Waals surface area contributed by atoms with Gasteiger partial charge in [-0.3, -0.25) is 9.36 Å². The van der Waals surface area contributed by atoms with Crippen LogP contribution in [0.5, 0.6) is 0 Å². The summed E-state index contributed by atoms with van der Waals surface area (Å²) in [5.74, 6) is 0.488. The number of nitrogen functional groups attached to an aromatic ring is 1. The molecule has 1 fully saturated rings. The number of aryl methyl sites for hydroxylation is 1. The molecule has 0 amide bonds. The molecule has 1 aromatic heterocycles. The van der Waals surface area contributed by atoms with Crippen LogP contribution in [0.2, 0.25) is 0 Å². The Bertz CT molecular complexity index is 434. The molecule has 1 aliphatic carbocycles. The second kappa shape index (κ2) is 3.01. The van der Waals surface area contributed by atoms with Gasteiger partial charge in [0.25, 0.3) is 5.56 Å². The summed E-state index contributed by atoms with van der Waals surface area (Å²) in [6.45, 7) is 0.510. The lowest BCUT2D eigenvalue weighted by Crippen LogP contribution is -2.40. The average molecular weight is 195 g/mol. The van der Waals surface area contributed by atoms with Crippen molar-refractivity contribution in [2.24, 2.45) is 13.0 Å². The summed E-state index contributed by atoms with van der Waals surface area (Å²) in [7, 11) is 1.60. The largest absolute Gasteiger partial charge is 0.393 e. The van der Waals surface area contributed by atoms with E-state index >= 15 is 0 Å². The maximum atomic E-state index is 11.6. The van der Waals surface area contributed by atoms with Crippen molar-refractivity contribution in [3.63, 3.8) is 0 Å². The smallest absolute Gasteiger partial charge is 0.330 e. The lowest BCUT2D eigenvalue weighted by Gasteiger charge is -2.06. The SMILES string of the molecule is Cn1cc(N)c(=O)n(CC2CC2)c1=O. The van der Waals surface area contributed by atoms with Gasteiger partial charge in [-0.25, -0.2) is 4.79 Å². The standard InChI is InChI=1S/C9H13N3O2/c1-11-5-7(10)8(13)12(9(11)14)4-6-2-3-6/h5-6H,2-4,10H2,1H3. The first-order valence-electron chi connectivity index (χ1n) is 4.65. The zero-order chi connectivity index (χ0) is 10.3. The first-order valence-corrected chi connectivity index (χ1v) is 4.65. The van der Waals surface area contributed by atoms with Crippen molar-refractivity contribution in [3.05, 3.63) is 27.0 Å². The van der Waals surface area contributed by atoms with Crippen LogP contribution in [0.25, 0.3) is 0 Å². The molecule has 2 rings (SSSR count). The summed E-state index contributed by atoms with van der Waals surface area (Å²) in [5, 5.41) is 0. The van der Waals surface area contributed by atoms with Gasteiger partial charge in [-0.2, -0.15) is 0 Å². The Balaban J connectivity index is 2.54. The first kappa shape index (κ1) is 9.05. The van der Waals surface area contributed by atoms with E-state index < -0.39 is 0 Å². The predicted octanol–water partition coefficient (Wildman–Crippen LogP) is -0.461. The monoisotopic (exact) mass is 195 g/mol. The zero-order valence-electron chi connectivity index (χ0n) is 8.06. The molecule has 0 bridgehead atoms. The Morgan fingerprint density at radius 1 is 1.50 bits per heavy atom. The molecule has 0 saturated heterocycles. The second-order valence-corrected chi connectivity index (χ2v) is 3.84. The minimum atomic E-state index is -0.361. The van der Waals surface area contributed by atoms with E-state index in [0.717, 1.165) is 12.8 Å². The van der Waals surface area contributed by atoms with Crippen molar-refractivity contribution in [2.75, 3.05) is 5.73 Å². The fraction of sp³-hybridized carbons (Fsp3) is 0.556. The molecule has 1 heterocycles. The number of anilines is 1. The molecule has 0 unspecified atom stereocenters. The number of aromatic nitrogens is 2. The highest BCUT2D eigenvalue weighted by molar-refractivity contribution is 5.30. The average Bonchev–Trinajstić information content (AvgIpc) is 2.93. The predicted molar refractivity (Wildman–Crippen MR) is 53.1 cm³/mol. The van der Waals surface area contributed by atoms with Gasteiger partial charge in [-0.1, -0.05) is 0 Å². The molecule has 5 nitrogen and oxygen atoms in total. The summed E-state index contributed by atoms with van der Waals surface area (Å²) in [4.78, 5) is 23.1. The first-order chi connectivity index (χ1) is 6.59. The van der Waals surface area contributed by atoms with Crippen LogP contribution >= 0.6 is 0 Å². The normalized spacial score (nSPS) is 15.8. The van der Waals surface area contributed by atoms with Crippen LogP contribution in [-0.4, -0.2) is 9.13 Å². The highest BCUT2D eigenvalue weighted by Gasteiger charge is 2.23. The molecular weight excluding hydrogens is 182 g/mol. The Morgan fingerprint density at radius 2 is 2.14 bits per heavy atom. The van der Waals surface area contributed by atoms with Crippen molar-refractivity contribution in [2.45, 2.75) is 19.4 Å². The third-order valence-electron chi connectivity index (χ3n) is 2.50. The van der Waals surface area contributed by atoms with Crippen LogP contribution in [0, 0.1) is 5.92 Å². The topological polar surface area (TPSA) is 70.0 Å². The molecule has 1 aliphatic rings. The van der Waals surface area contributed by atoms with Gasteiger partial charge in [0, 0.05) is 19.8 Å². The summed E-state index contributed by atoms with van der Waals surface area (Å²) < 4.78 is 2.58.